The van der Waals surface area contributed by atoms with Gasteiger partial charge in [-0.2, -0.15) is 8.78 Å². The first-order valence-corrected chi connectivity index (χ1v) is 9.88. The van der Waals surface area contributed by atoms with E-state index in [1.807, 2.05) is 30.3 Å². The molecule has 0 radical (unpaired) electrons. The Hall–Kier alpha value is -2.48. The smallest absolute Gasteiger partial charge is 0.387 e. The minimum atomic E-state index is -3.24. The number of rotatable bonds is 8. The van der Waals surface area contributed by atoms with Crippen LogP contribution in [0.4, 0.5) is 14.5 Å². The van der Waals surface area contributed by atoms with Crippen molar-refractivity contribution in [1.82, 2.24) is 0 Å². The monoisotopic (exact) mass is 383 g/mol. The first-order chi connectivity index (χ1) is 12.2. The Balaban J connectivity index is 2.18. The van der Waals surface area contributed by atoms with E-state index in [0.29, 0.717) is 17.7 Å². The van der Waals surface area contributed by atoms with Gasteiger partial charge in [-0.25, -0.2) is 8.42 Å². The summed E-state index contributed by atoms with van der Waals surface area (Å²) in [5.74, 6) is -0.705. The number of carbonyl (C=O) groups is 1. The molecule has 0 unspecified atom stereocenters. The first kappa shape index (κ1) is 19.8. The van der Waals surface area contributed by atoms with Gasteiger partial charge < -0.3 is 10.1 Å². The lowest BCUT2D eigenvalue weighted by Crippen LogP contribution is -2.16. The van der Waals surface area contributed by atoms with E-state index in [9.17, 15) is 22.0 Å². The molecular weight excluding hydrogens is 364 g/mol. The number of ether oxygens (including phenoxy) is 1. The van der Waals surface area contributed by atoms with Crippen LogP contribution in [0.15, 0.2) is 48.5 Å². The SMILES string of the molecule is CS(=O)(=O)CCC(=O)Nc1ccc(OC(F)F)c(Cc2ccccc2)c1. The van der Waals surface area contributed by atoms with Crippen LogP contribution in [0.5, 0.6) is 5.75 Å². The number of alkyl halides is 2. The maximum absolute atomic E-state index is 12.6. The molecule has 0 saturated carbocycles. The number of hydrogen-bond donors (Lipinski definition) is 1. The molecule has 0 aliphatic rings. The fourth-order valence-corrected chi connectivity index (χ4v) is 2.88. The number of nitrogens with one attached hydrogen (secondary N) is 1. The van der Waals surface area contributed by atoms with Crippen molar-refractivity contribution < 1.29 is 26.7 Å². The highest BCUT2D eigenvalue weighted by molar-refractivity contribution is 7.90. The lowest BCUT2D eigenvalue weighted by atomic mass is 10.0. The van der Waals surface area contributed by atoms with E-state index in [4.69, 9.17) is 0 Å². The van der Waals surface area contributed by atoms with Crippen molar-refractivity contribution >= 4 is 21.4 Å². The Morgan fingerprint density at radius 3 is 2.46 bits per heavy atom. The molecule has 2 aromatic carbocycles. The number of carbonyl (C=O) groups excluding carboxylic acids is 1. The standard InChI is InChI=1S/C18H19F2NO4S/c1-26(23,24)10-9-17(22)21-15-7-8-16(25-18(19)20)14(12-15)11-13-5-3-2-4-6-13/h2-8,12,18H,9-11H2,1H3,(H,21,22). The van der Waals surface area contributed by atoms with E-state index < -0.39 is 22.4 Å². The normalized spacial score (nSPS) is 11.4. The fourth-order valence-electron chi connectivity index (χ4n) is 2.32. The van der Waals surface area contributed by atoms with Crippen LogP contribution in [0.1, 0.15) is 17.5 Å². The molecule has 0 spiro atoms. The second kappa shape index (κ2) is 8.75. The number of anilines is 1. The molecule has 0 fully saturated rings. The summed E-state index contributed by atoms with van der Waals surface area (Å²) >= 11 is 0. The van der Waals surface area contributed by atoms with Crippen molar-refractivity contribution in [1.29, 1.82) is 0 Å². The molecule has 8 heteroatoms. The van der Waals surface area contributed by atoms with Gasteiger partial charge in [0.05, 0.1) is 5.75 Å². The molecular formula is C18H19F2NO4S. The minimum absolute atomic E-state index is 0.0259. The molecule has 140 valence electrons. The van der Waals surface area contributed by atoms with E-state index in [2.05, 4.69) is 10.1 Å². The molecule has 2 rings (SSSR count). The van der Waals surface area contributed by atoms with Gasteiger partial charge in [-0.3, -0.25) is 4.79 Å². The molecule has 1 N–H and O–H groups in total. The van der Waals surface area contributed by atoms with Gasteiger partial charge >= 0.3 is 6.61 Å². The second-order valence-electron chi connectivity index (χ2n) is 5.79. The summed E-state index contributed by atoms with van der Waals surface area (Å²) in [7, 11) is -3.24. The highest BCUT2D eigenvalue weighted by Crippen LogP contribution is 2.27. The maximum Gasteiger partial charge on any atom is 0.387 e. The van der Waals surface area contributed by atoms with E-state index in [0.717, 1.165) is 11.8 Å². The zero-order valence-corrected chi connectivity index (χ0v) is 14.9. The molecule has 0 bridgehead atoms. The van der Waals surface area contributed by atoms with Gasteiger partial charge in [0, 0.05) is 30.3 Å². The largest absolute Gasteiger partial charge is 0.435 e. The van der Waals surface area contributed by atoms with Crippen molar-refractivity contribution in [2.45, 2.75) is 19.5 Å². The summed E-state index contributed by atoms with van der Waals surface area (Å²) in [6.07, 6.45) is 1.22. The number of sulfone groups is 1. The van der Waals surface area contributed by atoms with E-state index in [1.165, 1.54) is 12.1 Å². The van der Waals surface area contributed by atoms with Crippen LogP contribution in [0.2, 0.25) is 0 Å². The van der Waals surface area contributed by atoms with Gasteiger partial charge in [-0.1, -0.05) is 30.3 Å². The number of halogens is 2. The molecule has 0 aliphatic heterocycles. The maximum atomic E-state index is 12.6. The van der Waals surface area contributed by atoms with Crippen molar-refractivity contribution in [3.05, 3.63) is 59.7 Å². The van der Waals surface area contributed by atoms with Crippen LogP contribution in [-0.4, -0.2) is 32.9 Å². The lowest BCUT2D eigenvalue weighted by molar-refractivity contribution is -0.115. The van der Waals surface area contributed by atoms with Gasteiger partial charge in [0.25, 0.3) is 0 Å². The summed E-state index contributed by atoms with van der Waals surface area (Å²) in [6, 6.07) is 13.6. The summed E-state index contributed by atoms with van der Waals surface area (Å²) in [5, 5.41) is 2.57. The molecule has 0 saturated heterocycles. The predicted octanol–water partition coefficient (Wildman–Crippen LogP) is 3.25. The van der Waals surface area contributed by atoms with Gasteiger partial charge in [-0.05, 0) is 23.8 Å². The number of amides is 1. The third-order valence-corrected chi connectivity index (χ3v) is 4.44. The van der Waals surface area contributed by atoms with E-state index in [-0.39, 0.29) is 17.9 Å². The van der Waals surface area contributed by atoms with Crippen LogP contribution in [0.3, 0.4) is 0 Å². The number of hydrogen-bond acceptors (Lipinski definition) is 4. The third-order valence-electron chi connectivity index (χ3n) is 3.50. The first-order valence-electron chi connectivity index (χ1n) is 7.82. The topological polar surface area (TPSA) is 72.5 Å². The molecule has 0 aromatic heterocycles. The van der Waals surface area contributed by atoms with Crippen molar-refractivity contribution in [2.75, 3.05) is 17.3 Å². The van der Waals surface area contributed by atoms with Crippen LogP contribution >= 0.6 is 0 Å². The molecule has 0 heterocycles. The summed E-state index contributed by atoms with van der Waals surface area (Å²) < 4.78 is 52.0. The fraction of sp³-hybridized carbons (Fsp3) is 0.278. The predicted molar refractivity (Wildman–Crippen MR) is 95.3 cm³/mol. The molecule has 0 aliphatic carbocycles. The highest BCUT2D eigenvalue weighted by atomic mass is 32.2. The van der Waals surface area contributed by atoms with Gasteiger partial charge in [0.2, 0.25) is 5.91 Å². The zero-order chi connectivity index (χ0) is 19.2. The highest BCUT2D eigenvalue weighted by Gasteiger charge is 2.13. The Morgan fingerprint density at radius 1 is 1.15 bits per heavy atom. The summed E-state index contributed by atoms with van der Waals surface area (Å²) in [4.78, 5) is 11.9. The zero-order valence-electron chi connectivity index (χ0n) is 14.1. The lowest BCUT2D eigenvalue weighted by Gasteiger charge is -2.13. The Morgan fingerprint density at radius 2 is 1.85 bits per heavy atom. The van der Waals surface area contributed by atoms with E-state index in [1.54, 1.807) is 6.07 Å². The Labute approximate surface area is 150 Å². The van der Waals surface area contributed by atoms with Crippen LogP contribution in [0.25, 0.3) is 0 Å². The quantitative estimate of drug-likeness (QED) is 0.760. The average Bonchev–Trinajstić information content (AvgIpc) is 2.55. The molecule has 5 nitrogen and oxygen atoms in total. The average molecular weight is 383 g/mol. The molecule has 26 heavy (non-hydrogen) atoms. The van der Waals surface area contributed by atoms with Gasteiger partial charge in [0.1, 0.15) is 15.6 Å². The van der Waals surface area contributed by atoms with Crippen LogP contribution < -0.4 is 10.1 Å². The van der Waals surface area contributed by atoms with Gasteiger partial charge in [0.15, 0.2) is 0 Å². The summed E-state index contributed by atoms with van der Waals surface area (Å²) in [6.45, 7) is -2.96. The third kappa shape index (κ3) is 6.79. The van der Waals surface area contributed by atoms with Crippen LogP contribution in [-0.2, 0) is 21.1 Å². The Kier molecular flexibility index (Phi) is 6.68. The van der Waals surface area contributed by atoms with E-state index >= 15 is 0 Å². The van der Waals surface area contributed by atoms with Crippen molar-refractivity contribution in [3.63, 3.8) is 0 Å². The number of benzene rings is 2. The van der Waals surface area contributed by atoms with Crippen molar-refractivity contribution in [2.24, 2.45) is 0 Å². The Bertz CT molecular complexity index is 855. The molecule has 1 amide bonds. The van der Waals surface area contributed by atoms with Gasteiger partial charge in [-0.15, -0.1) is 0 Å². The molecule has 2 aromatic rings. The summed E-state index contributed by atoms with van der Waals surface area (Å²) in [5.41, 5.74) is 1.76. The molecule has 0 atom stereocenters. The van der Waals surface area contributed by atoms with Crippen molar-refractivity contribution in [3.8, 4) is 5.75 Å². The minimum Gasteiger partial charge on any atom is -0.435 e. The second-order valence-corrected chi connectivity index (χ2v) is 8.05. The van der Waals surface area contributed by atoms with Crippen LogP contribution in [0, 0.1) is 0 Å².